The van der Waals surface area contributed by atoms with Crippen molar-refractivity contribution in [3.05, 3.63) is 76.1 Å². The van der Waals surface area contributed by atoms with Crippen molar-refractivity contribution in [2.45, 2.75) is 78.2 Å². The van der Waals surface area contributed by atoms with Gasteiger partial charge < -0.3 is 14.6 Å². The van der Waals surface area contributed by atoms with Crippen LogP contribution in [0.2, 0.25) is 0 Å². The number of aliphatic hydroxyl groups excluding tert-OH is 1. The molecule has 1 aliphatic carbocycles. The zero-order chi connectivity index (χ0) is 25.2. The summed E-state index contributed by atoms with van der Waals surface area (Å²) in [6.45, 7) is 11.0. The molecule has 1 heterocycles. The Morgan fingerprint density at radius 3 is 2.29 bits per heavy atom. The topological polar surface area (TPSA) is 55.8 Å². The summed E-state index contributed by atoms with van der Waals surface area (Å²) in [5.74, 6) is 7.43. The molecule has 0 spiro atoms. The van der Waals surface area contributed by atoms with Gasteiger partial charge in [-0.15, -0.1) is 0 Å². The summed E-state index contributed by atoms with van der Waals surface area (Å²) in [5.41, 5.74) is 5.55. The number of carbonyl (C=O) groups is 1. The summed E-state index contributed by atoms with van der Waals surface area (Å²) in [5, 5.41) is 10.4. The summed E-state index contributed by atoms with van der Waals surface area (Å²) < 4.78 is 11.1. The average molecular weight is 473 g/mol. The predicted octanol–water partition coefficient (Wildman–Crippen LogP) is 6.13. The van der Waals surface area contributed by atoms with Crippen molar-refractivity contribution in [3.8, 4) is 17.6 Å². The number of cyclic esters (lactones) is 1. The average Bonchev–Trinajstić information content (AvgIpc) is 3.47. The lowest BCUT2D eigenvalue weighted by Crippen LogP contribution is -2.26. The molecule has 4 nitrogen and oxygen atoms in total. The molecule has 4 rings (SSSR count). The summed E-state index contributed by atoms with van der Waals surface area (Å²) in [4.78, 5) is 11.3. The number of hydrogen-bond acceptors (Lipinski definition) is 4. The van der Waals surface area contributed by atoms with E-state index in [9.17, 15) is 9.90 Å². The number of carbonyl (C=O) groups excluding carboxylic acids is 1. The first kappa shape index (κ1) is 25.1. The van der Waals surface area contributed by atoms with Crippen molar-refractivity contribution in [2.75, 3.05) is 6.61 Å². The molecule has 1 fully saturated rings. The highest BCUT2D eigenvalue weighted by Gasteiger charge is 2.43. The van der Waals surface area contributed by atoms with Gasteiger partial charge in [-0.1, -0.05) is 56.9 Å². The van der Waals surface area contributed by atoms with Gasteiger partial charge in [0.25, 0.3) is 0 Å². The van der Waals surface area contributed by atoms with Crippen LogP contribution in [0.15, 0.2) is 48.2 Å². The predicted molar refractivity (Wildman–Crippen MR) is 138 cm³/mol. The second-order valence-electron chi connectivity index (χ2n) is 10.3. The zero-order valence-electron chi connectivity index (χ0n) is 21.5. The molecule has 35 heavy (non-hydrogen) atoms. The van der Waals surface area contributed by atoms with Gasteiger partial charge in [-0.25, -0.2) is 0 Å². The quantitative estimate of drug-likeness (QED) is 0.371. The van der Waals surface area contributed by atoms with E-state index in [4.69, 9.17) is 9.47 Å². The SMILES string of the molecule is CCC(CC)(c1ccc(C#CC(O)C2(C)CC2)c(C)c1)c1ccc(OCC2=CCC(=O)O2)c(C)c1. The Bertz CT molecular complexity index is 1200. The molecule has 184 valence electrons. The number of benzene rings is 2. The fourth-order valence-corrected chi connectivity index (χ4v) is 4.90. The molecule has 1 N–H and O–H groups in total. The first-order valence-electron chi connectivity index (χ1n) is 12.6. The highest BCUT2D eigenvalue weighted by atomic mass is 16.6. The minimum absolute atomic E-state index is 0.0212. The van der Waals surface area contributed by atoms with Crippen molar-refractivity contribution in [1.29, 1.82) is 0 Å². The van der Waals surface area contributed by atoms with Crippen LogP contribution < -0.4 is 4.74 Å². The van der Waals surface area contributed by atoms with Gasteiger partial charge in [0.15, 0.2) is 0 Å². The van der Waals surface area contributed by atoms with Crippen LogP contribution in [0.5, 0.6) is 5.75 Å². The smallest absolute Gasteiger partial charge is 0.314 e. The van der Waals surface area contributed by atoms with Crippen molar-refractivity contribution in [3.63, 3.8) is 0 Å². The molecule has 2 aromatic carbocycles. The molecule has 0 aromatic heterocycles. The Labute approximate surface area is 209 Å². The van der Waals surface area contributed by atoms with Crippen LogP contribution in [0, 0.1) is 31.1 Å². The summed E-state index contributed by atoms with van der Waals surface area (Å²) in [7, 11) is 0. The van der Waals surface area contributed by atoms with E-state index in [0.717, 1.165) is 48.1 Å². The third-order valence-corrected chi connectivity index (χ3v) is 7.87. The van der Waals surface area contributed by atoms with Crippen molar-refractivity contribution in [2.24, 2.45) is 5.41 Å². The van der Waals surface area contributed by atoms with E-state index in [1.54, 1.807) is 6.08 Å². The molecule has 0 amide bonds. The van der Waals surface area contributed by atoms with Gasteiger partial charge in [0.05, 0.1) is 6.42 Å². The Hall–Kier alpha value is -3.03. The maximum Gasteiger partial charge on any atom is 0.314 e. The number of rotatable bonds is 8. The standard InChI is InChI=1S/C31H36O4/c1-6-31(7-2,24-10-8-23(21(3)18-24)9-14-28(32)30(5)16-17-30)25-11-13-27(22(4)19-25)34-20-26-12-15-29(33)35-26/h8,10-13,18-19,28,32H,6-7,15-17,20H2,1-5H3. The van der Waals surface area contributed by atoms with Crippen LogP contribution in [0.4, 0.5) is 0 Å². The summed E-state index contributed by atoms with van der Waals surface area (Å²) in [6, 6.07) is 12.9. The molecule has 0 bridgehead atoms. The third-order valence-electron chi connectivity index (χ3n) is 7.87. The number of ether oxygens (including phenoxy) is 2. The Morgan fingerprint density at radius 1 is 1.09 bits per heavy atom. The van der Waals surface area contributed by atoms with Gasteiger partial charge in [-0.2, -0.15) is 0 Å². The largest absolute Gasteiger partial charge is 0.485 e. The number of aliphatic hydroxyl groups is 1. The minimum Gasteiger partial charge on any atom is -0.485 e. The molecule has 0 radical (unpaired) electrons. The maximum atomic E-state index is 11.3. The van der Waals surface area contributed by atoms with E-state index < -0.39 is 6.10 Å². The second-order valence-corrected chi connectivity index (χ2v) is 10.3. The van der Waals surface area contributed by atoms with E-state index >= 15 is 0 Å². The summed E-state index contributed by atoms with van der Waals surface area (Å²) >= 11 is 0. The van der Waals surface area contributed by atoms with E-state index in [2.05, 4.69) is 76.8 Å². The van der Waals surface area contributed by atoms with Gasteiger partial charge >= 0.3 is 5.97 Å². The number of esters is 1. The van der Waals surface area contributed by atoms with Gasteiger partial charge in [0, 0.05) is 16.4 Å². The minimum atomic E-state index is -0.562. The van der Waals surface area contributed by atoms with Crippen LogP contribution in [-0.4, -0.2) is 23.8 Å². The Balaban J connectivity index is 1.57. The molecule has 1 unspecified atom stereocenters. The number of hydrogen-bond donors (Lipinski definition) is 1. The lowest BCUT2D eigenvalue weighted by molar-refractivity contribution is -0.136. The van der Waals surface area contributed by atoms with Crippen LogP contribution in [0.1, 0.15) is 80.7 Å². The van der Waals surface area contributed by atoms with Crippen molar-refractivity contribution >= 4 is 5.97 Å². The van der Waals surface area contributed by atoms with E-state index in [0.29, 0.717) is 12.2 Å². The molecule has 0 saturated heterocycles. The fraction of sp³-hybridized carbons (Fsp3) is 0.452. The normalized spacial score (nSPS) is 17.2. The van der Waals surface area contributed by atoms with Gasteiger partial charge in [-0.05, 0) is 80.0 Å². The lowest BCUT2D eigenvalue weighted by Gasteiger charge is -2.34. The highest BCUT2D eigenvalue weighted by molar-refractivity contribution is 5.75. The highest BCUT2D eigenvalue weighted by Crippen LogP contribution is 2.48. The van der Waals surface area contributed by atoms with Crippen molar-refractivity contribution < 1.29 is 19.4 Å². The van der Waals surface area contributed by atoms with Gasteiger partial charge in [0.2, 0.25) is 0 Å². The van der Waals surface area contributed by atoms with Crippen LogP contribution in [-0.2, 0) is 14.9 Å². The summed E-state index contributed by atoms with van der Waals surface area (Å²) in [6.07, 6.45) is 5.55. The van der Waals surface area contributed by atoms with Crippen LogP contribution in [0.25, 0.3) is 0 Å². The molecule has 1 aliphatic heterocycles. The first-order chi connectivity index (χ1) is 16.7. The van der Waals surface area contributed by atoms with Crippen LogP contribution in [0.3, 0.4) is 0 Å². The Morgan fingerprint density at radius 2 is 1.74 bits per heavy atom. The van der Waals surface area contributed by atoms with Gasteiger partial charge in [-0.3, -0.25) is 4.79 Å². The number of aryl methyl sites for hydroxylation is 2. The fourth-order valence-electron chi connectivity index (χ4n) is 4.90. The molecule has 2 aromatic rings. The second kappa shape index (κ2) is 9.91. The molecule has 2 aliphatic rings. The molecule has 4 heteroatoms. The third kappa shape index (κ3) is 5.16. The van der Waals surface area contributed by atoms with E-state index in [1.165, 1.54) is 11.1 Å². The van der Waals surface area contributed by atoms with E-state index in [-0.39, 0.29) is 23.4 Å². The van der Waals surface area contributed by atoms with Crippen molar-refractivity contribution in [1.82, 2.24) is 0 Å². The molecular weight excluding hydrogens is 436 g/mol. The molecule has 1 saturated carbocycles. The Kier molecular flexibility index (Phi) is 7.10. The van der Waals surface area contributed by atoms with Gasteiger partial charge in [0.1, 0.15) is 24.2 Å². The molecule has 1 atom stereocenters. The zero-order valence-corrected chi connectivity index (χ0v) is 21.5. The molecular formula is C31H36O4. The maximum absolute atomic E-state index is 11.3. The lowest BCUT2D eigenvalue weighted by atomic mass is 9.70. The van der Waals surface area contributed by atoms with E-state index in [1.807, 2.05) is 6.07 Å². The monoisotopic (exact) mass is 472 g/mol. The van der Waals surface area contributed by atoms with Crippen LogP contribution >= 0.6 is 0 Å². The first-order valence-corrected chi connectivity index (χ1v) is 12.6.